The van der Waals surface area contributed by atoms with E-state index in [2.05, 4.69) is 9.94 Å². The molecule has 4 rings (SSSR count). The van der Waals surface area contributed by atoms with Crippen LogP contribution in [0.5, 0.6) is 0 Å². The van der Waals surface area contributed by atoms with Crippen molar-refractivity contribution >= 4 is 40.7 Å². The van der Waals surface area contributed by atoms with Crippen molar-refractivity contribution in [1.82, 2.24) is 9.78 Å². The molecule has 12 heteroatoms. The van der Waals surface area contributed by atoms with Crippen molar-refractivity contribution in [2.45, 2.75) is 34.7 Å². The number of methoxy groups -OCH3 is 1. The van der Waals surface area contributed by atoms with Crippen molar-refractivity contribution < 1.29 is 28.5 Å². The molecule has 1 saturated heterocycles. The van der Waals surface area contributed by atoms with Gasteiger partial charge < -0.3 is 19.7 Å². The van der Waals surface area contributed by atoms with E-state index in [1.807, 2.05) is 0 Å². The van der Waals surface area contributed by atoms with E-state index in [4.69, 9.17) is 39.2 Å². The number of rotatable bonds is 6. The van der Waals surface area contributed by atoms with Crippen LogP contribution in [0.2, 0.25) is 10.0 Å². The van der Waals surface area contributed by atoms with Crippen molar-refractivity contribution in [3.05, 3.63) is 75.8 Å². The molecule has 7 nitrogen and oxygen atoms in total. The highest BCUT2D eigenvalue weighted by atomic mass is 35.5. The van der Waals surface area contributed by atoms with Gasteiger partial charge in [0.25, 0.3) is 0 Å². The molecule has 5 atom stereocenters. The molecule has 0 saturated carbocycles. The van der Waals surface area contributed by atoms with E-state index in [9.17, 15) is 19.0 Å². The monoisotopic (exact) mass is 541 g/mol. The average Bonchev–Trinajstić information content (AvgIpc) is 3.32. The van der Waals surface area contributed by atoms with Crippen LogP contribution in [0.15, 0.2) is 47.6 Å². The van der Waals surface area contributed by atoms with Crippen LogP contribution in [0.4, 0.5) is 14.5 Å². The summed E-state index contributed by atoms with van der Waals surface area (Å²) in [5, 5.41) is 24.9. The number of aliphatic hydroxyl groups excluding tert-OH is 2. The molecule has 0 spiro atoms. The highest BCUT2D eigenvalue weighted by Gasteiger charge is 2.47. The number of ether oxygens (including phenoxy) is 2. The standard InChI is InChI=1S/C23H19Cl2F2N3O4S/c1-28-16-4-3-13(24)7-18(16)35-23-22(33-2)20(21(32)17(10-31)34-23)30-9-12(8-29-30)11-5-14(26)19(25)15(27)6-11/h3-9,17,20-23,31-32H,10H2,2H3/t17?,20-,21-,22?,23+/m0/s1. The summed E-state index contributed by atoms with van der Waals surface area (Å²) in [5.41, 5.74) is 0.177. The molecule has 184 valence electrons. The second-order valence-corrected chi connectivity index (χ2v) is 9.67. The molecule has 0 bridgehead atoms. The second kappa shape index (κ2) is 10.8. The van der Waals surface area contributed by atoms with Gasteiger partial charge in [-0.3, -0.25) is 4.68 Å². The Morgan fingerprint density at radius 3 is 2.57 bits per heavy atom. The van der Waals surface area contributed by atoms with Crippen LogP contribution in [0, 0.1) is 18.2 Å². The van der Waals surface area contributed by atoms with E-state index in [1.54, 1.807) is 18.2 Å². The lowest BCUT2D eigenvalue weighted by molar-refractivity contribution is -0.186. The first-order chi connectivity index (χ1) is 16.8. The van der Waals surface area contributed by atoms with E-state index in [1.165, 1.54) is 35.9 Å². The van der Waals surface area contributed by atoms with Gasteiger partial charge in [0.2, 0.25) is 5.69 Å². The first kappa shape index (κ1) is 25.9. The Labute approximate surface area is 214 Å². The van der Waals surface area contributed by atoms with Crippen LogP contribution in [0.3, 0.4) is 0 Å². The molecule has 2 N–H and O–H groups in total. The largest absolute Gasteiger partial charge is 0.394 e. The van der Waals surface area contributed by atoms with Gasteiger partial charge in [0.1, 0.15) is 46.4 Å². The summed E-state index contributed by atoms with van der Waals surface area (Å²) >= 11 is 12.9. The molecule has 35 heavy (non-hydrogen) atoms. The minimum absolute atomic E-state index is 0.205. The van der Waals surface area contributed by atoms with Gasteiger partial charge in [-0.2, -0.15) is 5.10 Å². The lowest BCUT2D eigenvalue weighted by Crippen LogP contribution is -2.55. The predicted molar refractivity (Wildman–Crippen MR) is 128 cm³/mol. The van der Waals surface area contributed by atoms with Crippen molar-refractivity contribution in [2.75, 3.05) is 13.7 Å². The predicted octanol–water partition coefficient (Wildman–Crippen LogP) is 5.11. The molecule has 0 radical (unpaired) electrons. The van der Waals surface area contributed by atoms with E-state index in [0.717, 1.165) is 12.1 Å². The maximum atomic E-state index is 14.0. The van der Waals surface area contributed by atoms with E-state index in [-0.39, 0.29) is 5.56 Å². The summed E-state index contributed by atoms with van der Waals surface area (Å²) in [6, 6.07) is 6.14. The normalized spacial score (nSPS) is 24.3. The molecular formula is C23H19Cl2F2N3O4S. The van der Waals surface area contributed by atoms with Gasteiger partial charge in [0.15, 0.2) is 0 Å². The highest BCUT2D eigenvalue weighted by Crippen LogP contribution is 2.43. The Balaban J connectivity index is 1.70. The molecule has 2 heterocycles. The van der Waals surface area contributed by atoms with E-state index >= 15 is 0 Å². The summed E-state index contributed by atoms with van der Waals surface area (Å²) < 4.78 is 41.0. The summed E-state index contributed by atoms with van der Waals surface area (Å²) in [4.78, 5) is 4.05. The molecule has 1 aromatic heterocycles. The van der Waals surface area contributed by atoms with Crippen LogP contribution in [0.25, 0.3) is 16.0 Å². The number of hydrogen-bond donors (Lipinski definition) is 2. The molecule has 2 unspecified atom stereocenters. The number of halogens is 4. The van der Waals surface area contributed by atoms with Crippen LogP contribution in [0.1, 0.15) is 6.04 Å². The quantitative estimate of drug-likeness (QED) is 0.333. The third-order valence-corrected chi connectivity index (χ3v) is 7.40. The molecular weight excluding hydrogens is 523 g/mol. The Kier molecular flexibility index (Phi) is 7.98. The number of aliphatic hydroxyl groups is 2. The molecule has 0 aliphatic carbocycles. The summed E-state index contributed by atoms with van der Waals surface area (Å²) in [7, 11) is 1.43. The zero-order chi connectivity index (χ0) is 25.3. The molecule has 1 aliphatic rings. The third-order valence-electron chi connectivity index (χ3n) is 5.61. The minimum Gasteiger partial charge on any atom is -0.394 e. The Bertz CT molecular complexity index is 1250. The summed E-state index contributed by atoms with van der Waals surface area (Å²) in [5.74, 6) is -1.83. The van der Waals surface area contributed by atoms with E-state index < -0.39 is 53.1 Å². The van der Waals surface area contributed by atoms with Gasteiger partial charge in [-0.05, 0) is 23.8 Å². The van der Waals surface area contributed by atoms with Crippen molar-refractivity contribution in [1.29, 1.82) is 0 Å². The summed E-state index contributed by atoms with van der Waals surface area (Å²) in [6.45, 7) is 6.93. The first-order valence-electron chi connectivity index (χ1n) is 10.3. The fourth-order valence-electron chi connectivity index (χ4n) is 3.88. The van der Waals surface area contributed by atoms with Gasteiger partial charge in [-0.25, -0.2) is 13.6 Å². The number of thioether (sulfide) groups is 1. The Morgan fingerprint density at radius 2 is 1.94 bits per heavy atom. The lowest BCUT2D eigenvalue weighted by Gasteiger charge is -2.43. The van der Waals surface area contributed by atoms with Crippen LogP contribution in [-0.4, -0.2) is 57.5 Å². The fourth-order valence-corrected chi connectivity index (χ4v) is 5.51. The fraction of sp³-hybridized carbons (Fsp3) is 0.304. The average molecular weight is 542 g/mol. The van der Waals surface area contributed by atoms with Crippen molar-refractivity contribution in [2.24, 2.45) is 0 Å². The zero-order valence-corrected chi connectivity index (χ0v) is 20.4. The molecule has 3 aromatic rings. The van der Waals surface area contributed by atoms with Crippen LogP contribution in [-0.2, 0) is 9.47 Å². The van der Waals surface area contributed by atoms with Crippen molar-refractivity contribution in [3.8, 4) is 11.1 Å². The zero-order valence-electron chi connectivity index (χ0n) is 18.1. The van der Waals surface area contributed by atoms with Gasteiger partial charge in [-0.1, -0.05) is 35.3 Å². The number of aromatic nitrogens is 2. The number of hydrogen-bond acceptors (Lipinski definition) is 6. The highest BCUT2D eigenvalue weighted by molar-refractivity contribution is 8.00. The van der Waals surface area contributed by atoms with Gasteiger partial charge in [0, 0.05) is 28.8 Å². The molecule has 2 aromatic carbocycles. The Morgan fingerprint density at radius 1 is 1.23 bits per heavy atom. The maximum Gasteiger partial charge on any atom is 0.200 e. The van der Waals surface area contributed by atoms with Crippen LogP contribution < -0.4 is 0 Å². The first-order valence-corrected chi connectivity index (χ1v) is 11.9. The van der Waals surface area contributed by atoms with Gasteiger partial charge in [0.05, 0.1) is 19.4 Å². The lowest BCUT2D eigenvalue weighted by atomic mass is 9.97. The molecule has 1 fully saturated rings. The maximum absolute atomic E-state index is 14.0. The smallest absolute Gasteiger partial charge is 0.200 e. The molecule has 0 amide bonds. The van der Waals surface area contributed by atoms with Gasteiger partial charge >= 0.3 is 0 Å². The van der Waals surface area contributed by atoms with E-state index in [0.29, 0.717) is 21.2 Å². The molecule has 1 aliphatic heterocycles. The topological polar surface area (TPSA) is 81.1 Å². The minimum atomic E-state index is -1.23. The number of nitrogens with zero attached hydrogens (tertiary/aromatic N) is 3. The second-order valence-electron chi connectivity index (χ2n) is 7.71. The van der Waals surface area contributed by atoms with Crippen molar-refractivity contribution in [3.63, 3.8) is 0 Å². The van der Waals surface area contributed by atoms with Crippen LogP contribution >= 0.6 is 35.0 Å². The SMILES string of the molecule is [C-]#[N+]c1ccc(Cl)cc1S[C@H]1OC(CO)[C@H](O)[C@H](n2cc(-c3cc(F)c(Cl)c(F)c3)cn2)C1OC. The summed E-state index contributed by atoms with van der Waals surface area (Å²) in [6.07, 6.45) is -0.110. The van der Waals surface area contributed by atoms with Gasteiger partial charge in [-0.15, -0.1) is 11.8 Å². The third kappa shape index (κ3) is 5.17. The number of benzene rings is 2. The Hall–Kier alpha value is -2.23.